The first-order valence-electron chi connectivity index (χ1n) is 5.95. The summed E-state index contributed by atoms with van der Waals surface area (Å²) in [4.78, 5) is 11.9. The van der Waals surface area contributed by atoms with E-state index in [9.17, 15) is 13.6 Å². The number of nitrogens with zero attached hydrogens (tertiary/aromatic N) is 2. The second-order valence-corrected chi connectivity index (χ2v) is 5.10. The Morgan fingerprint density at radius 3 is 2.76 bits per heavy atom. The van der Waals surface area contributed by atoms with Crippen LogP contribution in [0.2, 0.25) is 10.0 Å². The molecule has 0 fully saturated rings. The summed E-state index contributed by atoms with van der Waals surface area (Å²) in [6.45, 7) is 1.40. The molecular weight excluding hydrogens is 323 g/mol. The molecular formula is C13H11Cl2F2N3O. The molecule has 112 valence electrons. The minimum atomic E-state index is -2.67. The normalized spacial score (nSPS) is 11.0. The molecule has 0 spiro atoms. The van der Waals surface area contributed by atoms with Gasteiger partial charge in [-0.2, -0.15) is 5.10 Å². The Morgan fingerprint density at radius 1 is 1.43 bits per heavy atom. The number of halogens is 4. The fraction of sp³-hybridized carbons (Fsp3) is 0.231. The molecule has 0 unspecified atom stereocenters. The largest absolute Gasteiger partial charge is 0.323 e. The van der Waals surface area contributed by atoms with Crippen LogP contribution in [0.1, 0.15) is 17.8 Å². The first-order chi connectivity index (χ1) is 9.88. The molecule has 1 aromatic carbocycles. The molecule has 1 N–H and O–H groups in total. The summed E-state index contributed by atoms with van der Waals surface area (Å²) in [6, 6.07) is 6.06. The lowest BCUT2D eigenvalue weighted by atomic mass is 10.3. The van der Waals surface area contributed by atoms with Crippen molar-refractivity contribution in [3.63, 3.8) is 0 Å². The molecule has 1 heterocycles. The van der Waals surface area contributed by atoms with E-state index in [1.54, 1.807) is 25.1 Å². The first kappa shape index (κ1) is 15.7. The van der Waals surface area contributed by atoms with Gasteiger partial charge in [0, 0.05) is 5.69 Å². The smallest absolute Gasteiger partial charge is 0.282 e. The summed E-state index contributed by atoms with van der Waals surface area (Å²) in [6.07, 6.45) is -2.67. The van der Waals surface area contributed by atoms with E-state index in [0.717, 1.165) is 0 Å². The van der Waals surface area contributed by atoms with Gasteiger partial charge in [-0.05, 0) is 25.1 Å². The molecule has 2 aromatic rings. The van der Waals surface area contributed by atoms with Crippen molar-refractivity contribution >= 4 is 34.8 Å². The molecule has 0 aliphatic heterocycles. The van der Waals surface area contributed by atoms with Crippen molar-refractivity contribution in [3.05, 3.63) is 45.7 Å². The zero-order valence-corrected chi connectivity index (χ0v) is 12.4. The van der Waals surface area contributed by atoms with Crippen molar-refractivity contribution in [2.45, 2.75) is 19.9 Å². The molecule has 0 atom stereocenters. The maximum atomic E-state index is 12.5. The highest BCUT2D eigenvalue weighted by Crippen LogP contribution is 2.29. The number of rotatable bonds is 4. The lowest BCUT2D eigenvalue weighted by Gasteiger charge is -2.09. The fourth-order valence-electron chi connectivity index (χ4n) is 1.73. The van der Waals surface area contributed by atoms with Crippen LogP contribution in [0, 0.1) is 6.92 Å². The molecule has 0 bridgehead atoms. The van der Waals surface area contributed by atoms with Crippen molar-refractivity contribution < 1.29 is 13.6 Å². The van der Waals surface area contributed by atoms with Crippen molar-refractivity contribution in [1.29, 1.82) is 0 Å². The van der Waals surface area contributed by atoms with Crippen molar-refractivity contribution in [1.82, 2.24) is 9.78 Å². The van der Waals surface area contributed by atoms with Crippen LogP contribution in [-0.4, -0.2) is 15.7 Å². The number of hydrogen-bond acceptors (Lipinski definition) is 2. The average molecular weight is 334 g/mol. The van der Waals surface area contributed by atoms with E-state index in [1.807, 2.05) is 0 Å². The number of nitrogens with one attached hydrogen (secondary N) is 1. The van der Waals surface area contributed by atoms with E-state index in [-0.39, 0.29) is 17.3 Å². The Hall–Kier alpha value is -1.66. The SMILES string of the molecule is Cc1cc(C(F)F)nn1CC(=O)Nc1cccc(Cl)c1Cl. The average Bonchev–Trinajstić information content (AvgIpc) is 2.77. The fourth-order valence-corrected chi connectivity index (χ4v) is 2.08. The number of benzene rings is 1. The van der Waals surface area contributed by atoms with Gasteiger partial charge in [0.15, 0.2) is 0 Å². The lowest BCUT2D eigenvalue weighted by Crippen LogP contribution is -2.20. The second-order valence-electron chi connectivity index (χ2n) is 4.32. The monoisotopic (exact) mass is 333 g/mol. The van der Waals surface area contributed by atoms with E-state index in [2.05, 4.69) is 10.4 Å². The van der Waals surface area contributed by atoms with Gasteiger partial charge in [-0.25, -0.2) is 8.78 Å². The molecule has 2 rings (SSSR count). The van der Waals surface area contributed by atoms with Gasteiger partial charge in [-0.3, -0.25) is 9.48 Å². The minimum Gasteiger partial charge on any atom is -0.323 e. The number of amides is 1. The summed E-state index contributed by atoms with van der Waals surface area (Å²) in [5, 5.41) is 6.77. The Morgan fingerprint density at radius 2 is 2.14 bits per heavy atom. The summed E-state index contributed by atoms with van der Waals surface area (Å²) in [5.74, 6) is -0.439. The predicted octanol–water partition coefficient (Wildman–Crippen LogP) is 4.07. The maximum Gasteiger partial charge on any atom is 0.282 e. The Labute approximate surface area is 129 Å². The second kappa shape index (κ2) is 6.41. The standard InChI is InChI=1S/C13H11Cl2F2N3O/c1-7-5-10(13(16)17)19-20(7)6-11(21)18-9-4-2-3-8(14)12(9)15/h2-5,13H,6H2,1H3,(H,18,21). The van der Waals surface area contributed by atoms with Crippen LogP contribution < -0.4 is 5.32 Å². The number of aromatic nitrogens is 2. The predicted molar refractivity (Wildman–Crippen MR) is 77.0 cm³/mol. The van der Waals surface area contributed by atoms with Gasteiger partial charge >= 0.3 is 0 Å². The lowest BCUT2D eigenvalue weighted by molar-refractivity contribution is -0.117. The van der Waals surface area contributed by atoms with Crippen LogP contribution in [0.25, 0.3) is 0 Å². The zero-order valence-electron chi connectivity index (χ0n) is 10.9. The number of alkyl halides is 2. The van der Waals surface area contributed by atoms with Crippen LogP contribution in [0.5, 0.6) is 0 Å². The van der Waals surface area contributed by atoms with Crippen LogP contribution in [0.3, 0.4) is 0 Å². The molecule has 0 aliphatic rings. The Kier molecular flexibility index (Phi) is 4.80. The van der Waals surface area contributed by atoms with Crippen LogP contribution in [-0.2, 0) is 11.3 Å². The van der Waals surface area contributed by atoms with E-state index < -0.39 is 12.3 Å². The number of carbonyl (C=O) groups excluding carboxylic acids is 1. The Bertz CT molecular complexity index is 673. The molecule has 0 saturated carbocycles. The Balaban J connectivity index is 2.10. The van der Waals surface area contributed by atoms with Crippen molar-refractivity contribution in [2.24, 2.45) is 0 Å². The van der Waals surface area contributed by atoms with Crippen LogP contribution in [0.15, 0.2) is 24.3 Å². The van der Waals surface area contributed by atoms with E-state index in [4.69, 9.17) is 23.2 Å². The van der Waals surface area contributed by atoms with Crippen molar-refractivity contribution in [3.8, 4) is 0 Å². The molecule has 4 nitrogen and oxygen atoms in total. The van der Waals surface area contributed by atoms with Gasteiger partial charge in [0.2, 0.25) is 5.91 Å². The minimum absolute atomic E-state index is 0.193. The van der Waals surface area contributed by atoms with Gasteiger partial charge in [0.1, 0.15) is 12.2 Å². The van der Waals surface area contributed by atoms with Crippen LogP contribution >= 0.6 is 23.2 Å². The number of hydrogen-bond donors (Lipinski definition) is 1. The highest BCUT2D eigenvalue weighted by atomic mass is 35.5. The van der Waals surface area contributed by atoms with Crippen LogP contribution in [0.4, 0.5) is 14.5 Å². The maximum absolute atomic E-state index is 12.5. The van der Waals surface area contributed by atoms with E-state index >= 15 is 0 Å². The molecule has 21 heavy (non-hydrogen) atoms. The summed E-state index contributed by atoms with van der Waals surface area (Å²) in [7, 11) is 0. The molecule has 0 saturated heterocycles. The quantitative estimate of drug-likeness (QED) is 0.916. The molecule has 8 heteroatoms. The third-order valence-electron chi connectivity index (χ3n) is 2.74. The summed E-state index contributed by atoms with van der Waals surface area (Å²) >= 11 is 11.8. The molecule has 0 aliphatic carbocycles. The molecule has 1 amide bonds. The molecule has 0 radical (unpaired) electrons. The van der Waals surface area contributed by atoms with E-state index in [1.165, 1.54) is 10.7 Å². The highest BCUT2D eigenvalue weighted by molar-refractivity contribution is 6.43. The number of aryl methyl sites for hydroxylation is 1. The number of anilines is 1. The van der Waals surface area contributed by atoms with Gasteiger partial charge in [-0.15, -0.1) is 0 Å². The van der Waals surface area contributed by atoms with Gasteiger partial charge in [-0.1, -0.05) is 29.3 Å². The topological polar surface area (TPSA) is 46.9 Å². The summed E-state index contributed by atoms with van der Waals surface area (Å²) < 4.78 is 26.3. The van der Waals surface area contributed by atoms with Gasteiger partial charge in [0.05, 0.1) is 15.7 Å². The number of carbonyl (C=O) groups is 1. The van der Waals surface area contributed by atoms with Gasteiger partial charge in [0.25, 0.3) is 6.43 Å². The zero-order chi connectivity index (χ0) is 15.6. The third kappa shape index (κ3) is 3.71. The molecule has 1 aromatic heterocycles. The highest BCUT2D eigenvalue weighted by Gasteiger charge is 2.15. The van der Waals surface area contributed by atoms with Gasteiger partial charge < -0.3 is 5.32 Å². The summed E-state index contributed by atoms with van der Waals surface area (Å²) in [5.41, 5.74) is 0.465. The first-order valence-corrected chi connectivity index (χ1v) is 6.70. The third-order valence-corrected chi connectivity index (χ3v) is 3.56. The van der Waals surface area contributed by atoms with E-state index in [0.29, 0.717) is 16.4 Å². The van der Waals surface area contributed by atoms with Crippen molar-refractivity contribution in [2.75, 3.05) is 5.32 Å².